The third-order valence-electron chi connectivity index (χ3n) is 4.47. The van der Waals surface area contributed by atoms with Crippen LogP contribution in [0.1, 0.15) is 50.1 Å². The summed E-state index contributed by atoms with van der Waals surface area (Å²) in [5.41, 5.74) is 0.379. The number of nitrogens with zero attached hydrogens (tertiary/aromatic N) is 3. The molecule has 2 heterocycles. The number of rotatable bonds is 8. The molecule has 9 heteroatoms. The molecule has 0 unspecified atom stereocenters. The first-order chi connectivity index (χ1) is 12.3. The SMILES string of the molecule is CC[C@@H]1[C@@H](NC(=O)COCC(F)F)CCN1C(=O)c1cn(C(C)C)cn1. The van der Waals surface area contributed by atoms with Crippen LogP contribution in [0.3, 0.4) is 0 Å². The lowest BCUT2D eigenvalue weighted by Crippen LogP contribution is -2.47. The molecule has 1 aromatic heterocycles. The summed E-state index contributed by atoms with van der Waals surface area (Å²) in [6.07, 6.45) is 2.03. The maximum atomic E-state index is 12.8. The Bertz CT molecular complexity index is 621. The highest BCUT2D eigenvalue weighted by atomic mass is 19.3. The fourth-order valence-electron chi connectivity index (χ4n) is 3.14. The van der Waals surface area contributed by atoms with E-state index in [1.54, 1.807) is 17.4 Å². The molecule has 0 spiro atoms. The molecule has 146 valence electrons. The molecule has 1 N–H and O–H groups in total. The average molecular weight is 372 g/mol. The van der Waals surface area contributed by atoms with Crippen molar-refractivity contribution in [2.45, 2.75) is 58.2 Å². The number of carbonyl (C=O) groups is 2. The number of alkyl halides is 2. The molecule has 26 heavy (non-hydrogen) atoms. The molecule has 1 aromatic rings. The molecule has 1 fully saturated rings. The van der Waals surface area contributed by atoms with Crippen LogP contribution in [0.5, 0.6) is 0 Å². The molecule has 2 amide bonds. The molecule has 0 radical (unpaired) electrons. The van der Waals surface area contributed by atoms with Crippen molar-refractivity contribution < 1.29 is 23.1 Å². The predicted octanol–water partition coefficient (Wildman–Crippen LogP) is 1.85. The lowest BCUT2D eigenvalue weighted by Gasteiger charge is -2.27. The van der Waals surface area contributed by atoms with E-state index in [1.807, 2.05) is 25.3 Å². The predicted molar refractivity (Wildman–Crippen MR) is 91.1 cm³/mol. The fourth-order valence-corrected chi connectivity index (χ4v) is 3.14. The topological polar surface area (TPSA) is 76.5 Å². The third kappa shape index (κ3) is 5.00. The fraction of sp³-hybridized carbons (Fsp3) is 0.706. The number of hydrogen-bond donors (Lipinski definition) is 1. The van der Waals surface area contributed by atoms with Crippen LogP contribution in [0.2, 0.25) is 0 Å². The summed E-state index contributed by atoms with van der Waals surface area (Å²) < 4.78 is 30.6. The van der Waals surface area contributed by atoms with Gasteiger partial charge in [-0.2, -0.15) is 0 Å². The number of imidazole rings is 1. The minimum absolute atomic E-state index is 0.161. The van der Waals surface area contributed by atoms with Gasteiger partial charge in [0.25, 0.3) is 12.3 Å². The maximum absolute atomic E-state index is 12.8. The zero-order valence-corrected chi connectivity index (χ0v) is 15.3. The second kappa shape index (κ2) is 9.07. The molecule has 0 aliphatic carbocycles. The van der Waals surface area contributed by atoms with Gasteiger partial charge in [0.15, 0.2) is 0 Å². The number of likely N-dealkylation sites (tertiary alicyclic amines) is 1. The summed E-state index contributed by atoms with van der Waals surface area (Å²) in [6, 6.07) is -0.172. The second-order valence-electron chi connectivity index (χ2n) is 6.64. The first-order valence-corrected chi connectivity index (χ1v) is 8.83. The number of halogens is 2. The standard InChI is InChI=1S/C17H26F2N4O3/c1-4-14-12(21-16(24)9-26-8-15(18)19)5-6-23(14)17(25)13-7-22(10-20-13)11(2)3/h7,10-12,14-15H,4-6,8-9H2,1-3H3,(H,21,24)/t12-,14+/m0/s1. The first kappa shape index (κ1) is 20.3. The third-order valence-corrected chi connectivity index (χ3v) is 4.47. The highest BCUT2D eigenvalue weighted by Gasteiger charge is 2.37. The Morgan fingerprint density at radius 1 is 1.42 bits per heavy atom. The Hall–Kier alpha value is -2.03. The summed E-state index contributed by atoms with van der Waals surface area (Å²) in [5, 5.41) is 2.79. The number of ether oxygens (including phenoxy) is 1. The van der Waals surface area contributed by atoms with Crippen molar-refractivity contribution in [3.63, 3.8) is 0 Å². The zero-order valence-electron chi connectivity index (χ0n) is 15.3. The number of amides is 2. The summed E-state index contributed by atoms with van der Waals surface area (Å²) >= 11 is 0. The molecular formula is C17H26F2N4O3. The van der Waals surface area contributed by atoms with Gasteiger partial charge >= 0.3 is 0 Å². The van der Waals surface area contributed by atoms with E-state index in [-0.39, 0.29) is 24.0 Å². The lowest BCUT2D eigenvalue weighted by atomic mass is 10.1. The highest BCUT2D eigenvalue weighted by molar-refractivity contribution is 5.92. The van der Waals surface area contributed by atoms with Crippen molar-refractivity contribution in [2.24, 2.45) is 0 Å². The number of nitrogens with one attached hydrogen (secondary N) is 1. The Morgan fingerprint density at radius 2 is 2.15 bits per heavy atom. The van der Waals surface area contributed by atoms with Gasteiger partial charge < -0.3 is 19.5 Å². The summed E-state index contributed by atoms with van der Waals surface area (Å²) in [5.74, 6) is -0.616. The van der Waals surface area contributed by atoms with Gasteiger partial charge in [-0.25, -0.2) is 13.8 Å². The van der Waals surface area contributed by atoms with Crippen LogP contribution < -0.4 is 5.32 Å². The molecule has 1 saturated heterocycles. The van der Waals surface area contributed by atoms with Gasteiger partial charge in [0.05, 0.1) is 18.4 Å². The van der Waals surface area contributed by atoms with E-state index in [0.29, 0.717) is 25.1 Å². The Kier molecular flexibility index (Phi) is 7.07. The summed E-state index contributed by atoms with van der Waals surface area (Å²) in [7, 11) is 0. The molecule has 1 aliphatic rings. The van der Waals surface area contributed by atoms with Crippen LogP contribution >= 0.6 is 0 Å². The quantitative estimate of drug-likeness (QED) is 0.756. The Morgan fingerprint density at radius 3 is 2.73 bits per heavy atom. The van der Waals surface area contributed by atoms with Crippen molar-refractivity contribution in [2.75, 3.05) is 19.8 Å². The van der Waals surface area contributed by atoms with Crippen LogP contribution in [0, 0.1) is 0 Å². The number of hydrogen-bond acceptors (Lipinski definition) is 4. The summed E-state index contributed by atoms with van der Waals surface area (Å²) in [6.45, 7) is 5.28. The van der Waals surface area contributed by atoms with Gasteiger partial charge in [-0.3, -0.25) is 9.59 Å². The van der Waals surface area contributed by atoms with E-state index in [4.69, 9.17) is 0 Å². The number of carbonyl (C=O) groups excluding carboxylic acids is 2. The van der Waals surface area contributed by atoms with E-state index >= 15 is 0 Å². The molecule has 7 nitrogen and oxygen atoms in total. The zero-order chi connectivity index (χ0) is 19.3. The molecule has 2 atom stereocenters. The maximum Gasteiger partial charge on any atom is 0.274 e. The van der Waals surface area contributed by atoms with Crippen molar-refractivity contribution in [3.8, 4) is 0 Å². The van der Waals surface area contributed by atoms with E-state index in [2.05, 4.69) is 15.0 Å². The van der Waals surface area contributed by atoms with E-state index < -0.39 is 25.5 Å². The molecule has 0 aromatic carbocycles. The van der Waals surface area contributed by atoms with Gasteiger partial charge in [0.2, 0.25) is 5.91 Å². The van der Waals surface area contributed by atoms with Crippen LogP contribution in [-0.2, 0) is 9.53 Å². The molecule has 0 saturated carbocycles. The largest absolute Gasteiger partial charge is 0.366 e. The van der Waals surface area contributed by atoms with Gasteiger partial charge in [-0.05, 0) is 26.7 Å². The molecule has 2 rings (SSSR count). The van der Waals surface area contributed by atoms with E-state index in [0.717, 1.165) is 0 Å². The first-order valence-electron chi connectivity index (χ1n) is 8.83. The smallest absolute Gasteiger partial charge is 0.274 e. The van der Waals surface area contributed by atoms with Crippen LogP contribution in [0.4, 0.5) is 8.78 Å². The van der Waals surface area contributed by atoms with Crippen molar-refractivity contribution >= 4 is 11.8 Å². The Labute approximate surface area is 151 Å². The monoisotopic (exact) mass is 372 g/mol. The van der Waals surface area contributed by atoms with Gasteiger partial charge in [-0.15, -0.1) is 0 Å². The average Bonchev–Trinajstić information content (AvgIpc) is 3.20. The summed E-state index contributed by atoms with van der Waals surface area (Å²) in [4.78, 5) is 30.5. The van der Waals surface area contributed by atoms with E-state index in [9.17, 15) is 18.4 Å². The minimum Gasteiger partial charge on any atom is -0.366 e. The van der Waals surface area contributed by atoms with Gasteiger partial charge in [0, 0.05) is 18.8 Å². The molecular weight excluding hydrogens is 346 g/mol. The van der Waals surface area contributed by atoms with Crippen molar-refractivity contribution in [1.29, 1.82) is 0 Å². The molecule has 1 aliphatic heterocycles. The van der Waals surface area contributed by atoms with Gasteiger partial charge in [-0.1, -0.05) is 6.92 Å². The molecule has 0 bridgehead atoms. The van der Waals surface area contributed by atoms with Crippen molar-refractivity contribution in [1.82, 2.24) is 19.8 Å². The normalized spacial score (nSPS) is 20.2. The van der Waals surface area contributed by atoms with Gasteiger partial charge in [0.1, 0.15) is 18.9 Å². The van der Waals surface area contributed by atoms with Crippen LogP contribution in [0.15, 0.2) is 12.5 Å². The lowest BCUT2D eigenvalue weighted by molar-refractivity contribution is -0.127. The second-order valence-corrected chi connectivity index (χ2v) is 6.64. The van der Waals surface area contributed by atoms with Crippen LogP contribution in [0.25, 0.3) is 0 Å². The number of aromatic nitrogens is 2. The van der Waals surface area contributed by atoms with Crippen molar-refractivity contribution in [3.05, 3.63) is 18.2 Å². The Balaban J connectivity index is 1.95. The van der Waals surface area contributed by atoms with E-state index in [1.165, 1.54) is 0 Å². The van der Waals surface area contributed by atoms with Crippen LogP contribution in [-0.4, -0.2) is 64.5 Å². The highest BCUT2D eigenvalue weighted by Crippen LogP contribution is 2.23. The minimum atomic E-state index is -2.60.